The summed E-state index contributed by atoms with van der Waals surface area (Å²) < 4.78 is 0. The molecule has 1 aliphatic heterocycles. The van der Waals surface area contributed by atoms with Gasteiger partial charge >= 0.3 is 0 Å². The number of hydrogen-bond acceptors (Lipinski definition) is 3. The molecule has 0 radical (unpaired) electrons. The van der Waals surface area contributed by atoms with E-state index in [-0.39, 0.29) is 0 Å². The quantitative estimate of drug-likeness (QED) is 0.512. The van der Waals surface area contributed by atoms with E-state index < -0.39 is 0 Å². The molecule has 0 bridgehead atoms. The van der Waals surface area contributed by atoms with Crippen molar-refractivity contribution >= 4 is 6.34 Å². The lowest BCUT2D eigenvalue weighted by Crippen LogP contribution is -2.30. The van der Waals surface area contributed by atoms with Crippen molar-refractivity contribution < 1.29 is 0 Å². The van der Waals surface area contributed by atoms with Crippen LogP contribution in [0.1, 0.15) is 13.8 Å². The normalized spacial score (nSPS) is 18.2. The van der Waals surface area contributed by atoms with Crippen LogP contribution in [0, 0.1) is 0 Å². The minimum absolute atomic E-state index is 0.568. The standard InChI is InChI=1S/C6H13N3/c1-6(2)9-4-7-8(3)5-9/h4,6H,5H2,1-3H3. The van der Waals surface area contributed by atoms with Gasteiger partial charge in [0.05, 0.1) is 0 Å². The topological polar surface area (TPSA) is 18.8 Å². The van der Waals surface area contributed by atoms with Gasteiger partial charge in [-0.25, -0.2) is 0 Å². The minimum atomic E-state index is 0.568. The van der Waals surface area contributed by atoms with Gasteiger partial charge in [-0.1, -0.05) is 0 Å². The predicted octanol–water partition coefficient (Wildman–Crippen LogP) is 0.543. The van der Waals surface area contributed by atoms with Crippen molar-refractivity contribution in [1.29, 1.82) is 0 Å². The summed E-state index contributed by atoms with van der Waals surface area (Å²) in [4.78, 5) is 2.18. The molecule has 3 heteroatoms. The molecule has 0 aromatic rings. The van der Waals surface area contributed by atoms with Crippen LogP contribution in [0.3, 0.4) is 0 Å². The van der Waals surface area contributed by atoms with Gasteiger partial charge in [0.15, 0.2) is 0 Å². The Balaban J connectivity index is 2.41. The Kier molecular flexibility index (Phi) is 1.60. The van der Waals surface area contributed by atoms with E-state index in [1.165, 1.54) is 0 Å². The Bertz CT molecular complexity index is 119. The SMILES string of the molecule is CC(C)N1C=NN(C)C1. The second-order valence-electron chi connectivity index (χ2n) is 2.64. The molecule has 0 amide bonds. The average Bonchev–Trinajstić information content (AvgIpc) is 2.14. The fraction of sp³-hybridized carbons (Fsp3) is 0.833. The van der Waals surface area contributed by atoms with E-state index in [4.69, 9.17) is 0 Å². The highest BCUT2D eigenvalue weighted by atomic mass is 15.6. The van der Waals surface area contributed by atoms with Gasteiger partial charge in [0.2, 0.25) is 0 Å². The summed E-state index contributed by atoms with van der Waals surface area (Å²) in [7, 11) is 1.97. The van der Waals surface area contributed by atoms with E-state index in [1.54, 1.807) is 0 Å². The first-order valence-electron chi connectivity index (χ1n) is 3.21. The van der Waals surface area contributed by atoms with Crippen LogP contribution < -0.4 is 0 Å². The molecule has 0 atom stereocenters. The molecule has 3 nitrogen and oxygen atoms in total. The van der Waals surface area contributed by atoms with Gasteiger partial charge in [-0.2, -0.15) is 5.10 Å². The van der Waals surface area contributed by atoms with Crippen molar-refractivity contribution in [3.8, 4) is 0 Å². The molecule has 0 aliphatic carbocycles. The second kappa shape index (κ2) is 2.25. The lowest BCUT2D eigenvalue weighted by atomic mass is 10.4. The molecule has 0 spiro atoms. The van der Waals surface area contributed by atoms with Crippen LogP contribution in [0.15, 0.2) is 5.10 Å². The predicted molar refractivity (Wildman–Crippen MR) is 38.1 cm³/mol. The summed E-state index contributed by atoms with van der Waals surface area (Å²) in [6, 6.07) is 0.568. The first-order valence-corrected chi connectivity index (χ1v) is 3.21. The van der Waals surface area contributed by atoms with Gasteiger partial charge in [0, 0.05) is 13.1 Å². The molecule has 0 saturated heterocycles. The molecule has 0 unspecified atom stereocenters. The average molecular weight is 127 g/mol. The highest BCUT2D eigenvalue weighted by molar-refractivity contribution is 5.56. The smallest absolute Gasteiger partial charge is 0.113 e. The monoisotopic (exact) mass is 127 g/mol. The molecule has 0 N–H and O–H groups in total. The lowest BCUT2D eigenvalue weighted by Gasteiger charge is -2.19. The van der Waals surface area contributed by atoms with Gasteiger partial charge in [-0.05, 0) is 13.8 Å². The van der Waals surface area contributed by atoms with Gasteiger partial charge in [-0.3, -0.25) is 5.01 Å². The molecule has 0 saturated carbocycles. The summed E-state index contributed by atoms with van der Waals surface area (Å²) in [5.74, 6) is 0. The third-order valence-electron chi connectivity index (χ3n) is 1.43. The number of nitrogens with zero attached hydrogens (tertiary/aromatic N) is 3. The fourth-order valence-corrected chi connectivity index (χ4v) is 0.760. The van der Waals surface area contributed by atoms with Gasteiger partial charge in [-0.15, -0.1) is 0 Å². The van der Waals surface area contributed by atoms with Crippen molar-refractivity contribution in [2.75, 3.05) is 13.7 Å². The van der Waals surface area contributed by atoms with Crippen molar-refractivity contribution in [3.63, 3.8) is 0 Å². The third-order valence-corrected chi connectivity index (χ3v) is 1.43. The largest absolute Gasteiger partial charge is 0.340 e. The van der Waals surface area contributed by atoms with Crippen LogP contribution in [0.2, 0.25) is 0 Å². The van der Waals surface area contributed by atoms with Crippen LogP contribution in [-0.2, 0) is 0 Å². The van der Waals surface area contributed by atoms with Crippen LogP contribution in [0.5, 0.6) is 0 Å². The van der Waals surface area contributed by atoms with E-state index >= 15 is 0 Å². The molecule has 1 heterocycles. The van der Waals surface area contributed by atoms with Crippen molar-refractivity contribution in [2.45, 2.75) is 19.9 Å². The van der Waals surface area contributed by atoms with Crippen molar-refractivity contribution in [3.05, 3.63) is 0 Å². The molecule has 1 aliphatic rings. The van der Waals surface area contributed by atoms with Crippen molar-refractivity contribution in [1.82, 2.24) is 9.91 Å². The van der Waals surface area contributed by atoms with E-state index in [0.29, 0.717) is 6.04 Å². The molecule has 0 aromatic heterocycles. The Morgan fingerprint density at radius 2 is 2.22 bits per heavy atom. The molecular weight excluding hydrogens is 114 g/mol. The maximum atomic E-state index is 4.07. The van der Waals surface area contributed by atoms with E-state index in [9.17, 15) is 0 Å². The highest BCUT2D eigenvalue weighted by Crippen LogP contribution is 2.02. The summed E-state index contributed by atoms with van der Waals surface area (Å²) >= 11 is 0. The highest BCUT2D eigenvalue weighted by Gasteiger charge is 2.11. The Morgan fingerprint density at radius 3 is 2.44 bits per heavy atom. The Hall–Kier alpha value is -0.730. The molecule has 0 fully saturated rings. The zero-order chi connectivity index (χ0) is 6.85. The van der Waals surface area contributed by atoms with E-state index in [0.717, 1.165) is 6.67 Å². The van der Waals surface area contributed by atoms with Crippen LogP contribution in [0.25, 0.3) is 0 Å². The van der Waals surface area contributed by atoms with Crippen molar-refractivity contribution in [2.24, 2.45) is 5.10 Å². The molecule has 9 heavy (non-hydrogen) atoms. The zero-order valence-corrected chi connectivity index (χ0v) is 6.20. The second-order valence-corrected chi connectivity index (χ2v) is 2.64. The maximum Gasteiger partial charge on any atom is 0.113 e. The van der Waals surface area contributed by atoms with E-state index in [1.807, 2.05) is 18.4 Å². The molecule has 1 rings (SSSR count). The zero-order valence-electron chi connectivity index (χ0n) is 6.20. The summed E-state index contributed by atoms with van der Waals surface area (Å²) in [6.45, 7) is 5.24. The minimum Gasteiger partial charge on any atom is -0.340 e. The molecule has 52 valence electrons. The van der Waals surface area contributed by atoms with Crippen LogP contribution in [0.4, 0.5) is 0 Å². The Labute approximate surface area is 55.9 Å². The molecular formula is C6H13N3. The number of rotatable bonds is 1. The first-order chi connectivity index (χ1) is 4.20. The van der Waals surface area contributed by atoms with Crippen LogP contribution >= 0.6 is 0 Å². The van der Waals surface area contributed by atoms with Crippen LogP contribution in [-0.4, -0.2) is 36.0 Å². The van der Waals surface area contributed by atoms with Gasteiger partial charge in [0.25, 0.3) is 0 Å². The van der Waals surface area contributed by atoms with Gasteiger partial charge < -0.3 is 4.90 Å². The Morgan fingerprint density at radius 1 is 1.56 bits per heavy atom. The molecule has 0 aromatic carbocycles. The van der Waals surface area contributed by atoms with E-state index in [2.05, 4.69) is 23.8 Å². The third kappa shape index (κ3) is 1.34. The number of hydrazone groups is 1. The first kappa shape index (κ1) is 6.39. The lowest BCUT2D eigenvalue weighted by molar-refractivity contribution is 0.249. The summed E-state index contributed by atoms with van der Waals surface area (Å²) in [5, 5.41) is 5.99. The fourth-order valence-electron chi connectivity index (χ4n) is 0.760. The maximum absolute atomic E-state index is 4.07. The summed E-state index contributed by atoms with van der Waals surface area (Å²) in [6.07, 6.45) is 1.88. The number of hydrogen-bond donors (Lipinski definition) is 0. The summed E-state index contributed by atoms with van der Waals surface area (Å²) in [5.41, 5.74) is 0. The van der Waals surface area contributed by atoms with Gasteiger partial charge in [0.1, 0.15) is 13.0 Å².